The number of hydrogen-bond donors (Lipinski definition) is 0. The van der Waals surface area contributed by atoms with Gasteiger partial charge in [-0.05, 0) is 37.5 Å². The van der Waals surface area contributed by atoms with Crippen LogP contribution in [-0.4, -0.2) is 19.7 Å². The lowest BCUT2D eigenvalue weighted by atomic mass is 10.2. The van der Waals surface area contributed by atoms with Crippen LogP contribution < -0.4 is 14.2 Å². The highest BCUT2D eigenvalue weighted by molar-refractivity contribution is 5.44. The summed E-state index contributed by atoms with van der Waals surface area (Å²) < 4.78 is 7.97. The molecule has 0 unspecified atom stereocenters. The Morgan fingerprint density at radius 3 is 2.57 bits per heavy atom. The summed E-state index contributed by atoms with van der Waals surface area (Å²) in [5, 5.41) is 0. The maximum Gasteiger partial charge on any atom is 0.182 e. The van der Waals surface area contributed by atoms with Gasteiger partial charge < -0.3 is 9.64 Å². The summed E-state index contributed by atoms with van der Waals surface area (Å²) in [7, 11) is 0. The van der Waals surface area contributed by atoms with E-state index in [9.17, 15) is 0 Å². The van der Waals surface area contributed by atoms with Gasteiger partial charge >= 0.3 is 0 Å². The van der Waals surface area contributed by atoms with Gasteiger partial charge in [0.05, 0.1) is 0 Å². The number of aromatic nitrogens is 1. The summed E-state index contributed by atoms with van der Waals surface area (Å²) in [5.74, 6) is 0.948. The Balaban J connectivity index is 1.51. The van der Waals surface area contributed by atoms with Crippen molar-refractivity contribution in [2.75, 3.05) is 24.6 Å². The van der Waals surface area contributed by atoms with Crippen LogP contribution in [0.5, 0.6) is 5.75 Å². The molecule has 0 radical (unpaired) electrons. The minimum atomic E-state index is 0.692. The van der Waals surface area contributed by atoms with Gasteiger partial charge in [-0.25, -0.2) is 4.57 Å². The molecule has 0 spiro atoms. The lowest BCUT2D eigenvalue weighted by molar-refractivity contribution is -0.697. The summed E-state index contributed by atoms with van der Waals surface area (Å²) in [6, 6.07) is 12.6. The minimum absolute atomic E-state index is 0.692. The predicted octanol–water partition coefficient (Wildman–Crippen LogP) is 2.96. The molecular weight excluding hydrogens is 260 g/mol. The lowest BCUT2D eigenvalue weighted by Crippen LogP contribution is -2.36. The highest BCUT2D eigenvalue weighted by Crippen LogP contribution is 2.18. The van der Waals surface area contributed by atoms with Crippen molar-refractivity contribution in [1.82, 2.24) is 0 Å². The molecule has 1 aliphatic rings. The van der Waals surface area contributed by atoms with Crippen molar-refractivity contribution >= 4 is 5.69 Å². The first-order chi connectivity index (χ1) is 10.3. The monoisotopic (exact) mass is 283 g/mol. The number of hydrogen-bond acceptors (Lipinski definition) is 2. The molecule has 0 aliphatic carbocycles. The molecule has 1 fully saturated rings. The van der Waals surface area contributed by atoms with E-state index in [1.54, 1.807) is 0 Å². The third-order valence-electron chi connectivity index (χ3n) is 3.95. The molecule has 3 nitrogen and oxygen atoms in total. The van der Waals surface area contributed by atoms with E-state index in [0.29, 0.717) is 6.61 Å². The van der Waals surface area contributed by atoms with Crippen molar-refractivity contribution in [2.45, 2.75) is 26.3 Å². The van der Waals surface area contributed by atoms with Crippen molar-refractivity contribution in [3.63, 3.8) is 0 Å². The summed E-state index contributed by atoms with van der Waals surface area (Å²) in [4.78, 5) is 2.45. The Morgan fingerprint density at radius 2 is 1.86 bits per heavy atom. The number of anilines is 1. The Labute approximate surface area is 126 Å². The molecule has 0 atom stereocenters. The average Bonchev–Trinajstić information content (AvgIpc) is 3.02. The van der Waals surface area contributed by atoms with Crippen molar-refractivity contribution in [1.29, 1.82) is 0 Å². The van der Waals surface area contributed by atoms with E-state index in [-0.39, 0.29) is 0 Å². The average molecular weight is 283 g/mol. The number of rotatable bonds is 5. The first-order valence-corrected chi connectivity index (χ1v) is 7.75. The molecule has 0 amide bonds. The molecule has 0 saturated carbocycles. The van der Waals surface area contributed by atoms with Crippen molar-refractivity contribution in [3.8, 4) is 5.75 Å². The van der Waals surface area contributed by atoms with Gasteiger partial charge in [-0.15, -0.1) is 0 Å². The minimum Gasteiger partial charge on any atom is -0.487 e. The lowest BCUT2D eigenvalue weighted by Gasteiger charge is -2.16. The van der Waals surface area contributed by atoms with Crippen LogP contribution in [0.4, 0.5) is 5.69 Å². The Kier molecular flexibility index (Phi) is 4.39. The SMILES string of the molecule is Cc1cccc(OCC[n+]2ccc(N3CCCC3)cc2)c1. The fourth-order valence-corrected chi connectivity index (χ4v) is 2.76. The van der Waals surface area contributed by atoms with Crippen LogP contribution in [0.15, 0.2) is 48.8 Å². The smallest absolute Gasteiger partial charge is 0.182 e. The van der Waals surface area contributed by atoms with E-state index in [0.717, 1.165) is 12.3 Å². The molecule has 1 aliphatic heterocycles. The maximum atomic E-state index is 5.79. The topological polar surface area (TPSA) is 16.4 Å². The number of aryl methyl sites for hydroxylation is 1. The summed E-state index contributed by atoms with van der Waals surface area (Å²) in [6.07, 6.45) is 6.93. The Hall–Kier alpha value is -2.03. The van der Waals surface area contributed by atoms with Gasteiger partial charge in [0.15, 0.2) is 18.9 Å². The molecule has 1 aromatic carbocycles. The van der Waals surface area contributed by atoms with Gasteiger partial charge in [0.25, 0.3) is 0 Å². The fraction of sp³-hybridized carbons (Fsp3) is 0.389. The van der Waals surface area contributed by atoms with Crippen molar-refractivity contribution < 1.29 is 9.30 Å². The molecule has 3 rings (SSSR count). The third kappa shape index (κ3) is 3.75. The number of nitrogens with zero attached hydrogens (tertiary/aromatic N) is 2. The van der Waals surface area contributed by atoms with E-state index in [1.807, 2.05) is 12.1 Å². The van der Waals surface area contributed by atoms with Gasteiger partial charge in [-0.1, -0.05) is 12.1 Å². The van der Waals surface area contributed by atoms with Crippen LogP contribution in [0, 0.1) is 6.92 Å². The number of benzene rings is 1. The quantitative estimate of drug-likeness (QED) is 0.784. The van der Waals surface area contributed by atoms with Gasteiger partial charge in [0.2, 0.25) is 0 Å². The second kappa shape index (κ2) is 6.61. The van der Waals surface area contributed by atoms with Gasteiger partial charge in [0.1, 0.15) is 12.4 Å². The second-order valence-corrected chi connectivity index (χ2v) is 5.65. The summed E-state index contributed by atoms with van der Waals surface area (Å²) >= 11 is 0. The summed E-state index contributed by atoms with van der Waals surface area (Å²) in [5.41, 5.74) is 2.57. The molecule has 110 valence electrons. The molecular formula is C18H23N2O+. The normalized spacial score (nSPS) is 14.4. The van der Waals surface area contributed by atoms with E-state index >= 15 is 0 Å². The molecule has 2 aromatic rings. The Bertz CT molecular complexity index is 574. The molecule has 1 aromatic heterocycles. The van der Waals surface area contributed by atoms with Crippen LogP contribution in [0.2, 0.25) is 0 Å². The van der Waals surface area contributed by atoms with Crippen LogP contribution >= 0.6 is 0 Å². The van der Waals surface area contributed by atoms with E-state index in [1.165, 1.54) is 37.2 Å². The molecule has 21 heavy (non-hydrogen) atoms. The van der Waals surface area contributed by atoms with Crippen LogP contribution in [0.1, 0.15) is 18.4 Å². The zero-order valence-corrected chi connectivity index (χ0v) is 12.7. The molecule has 1 saturated heterocycles. The van der Waals surface area contributed by atoms with E-state index in [2.05, 4.69) is 53.0 Å². The summed E-state index contributed by atoms with van der Waals surface area (Å²) in [6.45, 7) is 6.03. The van der Waals surface area contributed by atoms with Gasteiger partial charge in [-0.3, -0.25) is 0 Å². The first kappa shape index (κ1) is 13.9. The standard InChI is InChI=1S/C18H23N2O/c1-16-5-4-6-18(15-16)21-14-13-19-11-7-17(8-12-19)20-9-2-3-10-20/h4-8,11-12,15H,2-3,9-10,13-14H2,1H3/q+1. The van der Waals surface area contributed by atoms with E-state index in [4.69, 9.17) is 4.74 Å². The third-order valence-corrected chi connectivity index (χ3v) is 3.95. The predicted molar refractivity (Wildman–Crippen MR) is 84.8 cm³/mol. The highest BCUT2D eigenvalue weighted by atomic mass is 16.5. The number of ether oxygens (including phenoxy) is 1. The van der Waals surface area contributed by atoms with E-state index < -0.39 is 0 Å². The zero-order valence-electron chi connectivity index (χ0n) is 12.7. The molecule has 2 heterocycles. The maximum absolute atomic E-state index is 5.79. The van der Waals surface area contributed by atoms with Gasteiger partial charge in [0, 0.05) is 30.9 Å². The molecule has 0 bridgehead atoms. The Morgan fingerprint density at radius 1 is 1.10 bits per heavy atom. The van der Waals surface area contributed by atoms with Crippen molar-refractivity contribution in [3.05, 3.63) is 54.4 Å². The second-order valence-electron chi connectivity index (χ2n) is 5.65. The van der Waals surface area contributed by atoms with Crippen LogP contribution in [0.25, 0.3) is 0 Å². The molecule has 0 N–H and O–H groups in total. The first-order valence-electron chi connectivity index (χ1n) is 7.75. The van der Waals surface area contributed by atoms with Crippen molar-refractivity contribution in [2.24, 2.45) is 0 Å². The highest BCUT2D eigenvalue weighted by Gasteiger charge is 2.13. The van der Waals surface area contributed by atoms with Crippen LogP contribution in [-0.2, 0) is 6.54 Å². The largest absolute Gasteiger partial charge is 0.487 e. The van der Waals surface area contributed by atoms with Crippen LogP contribution in [0.3, 0.4) is 0 Å². The van der Waals surface area contributed by atoms with Gasteiger partial charge in [-0.2, -0.15) is 0 Å². The fourth-order valence-electron chi connectivity index (χ4n) is 2.76. The molecule has 3 heteroatoms. The zero-order chi connectivity index (χ0) is 14.5. The number of pyridine rings is 1.